The van der Waals surface area contributed by atoms with Crippen molar-refractivity contribution in [3.05, 3.63) is 24.3 Å². The standard InChI is InChI=1S/C21H30N10O3S/c1-15-12-30(5-4-23-15)21-26-18-16(13-29-7-10-35(33,34)11-8-29)28-31(6-9-32)19(18)20(27-21)25-17-2-3-22-14-24-17/h2-3,14-15,23,32H,4-13H2,1H3,(H,22,24,25,26,27)/t15-/m1/s1. The number of nitrogens with zero attached hydrogens (tertiary/aromatic N) is 8. The summed E-state index contributed by atoms with van der Waals surface area (Å²) >= 11 is 0. The first kappa shape index (κ1) is 23.8. The van der Waals surface area contributed by atoms with Gasteiger partial charge in [-0.15, -0.1) is 0 Å². The molecule has 0 spiro atoms. The maximum atomic E-state index is 11.9. The van der Waals surface area contributed by atoms with Crippen molar-refractivity contribution >= 4 is 38.5 Å². The first-order valence-electron chi connectivity index (χ1n) is 11.7. The van der Waals surface area contributed by atoms with Gasteiger partial charge in [0.15, 0.2) is 15.7 Å². The van der Waals surface area contributed by atoms with E-state index in [9.17, 15) is 13.5 Å². The van der Waals surface area contributed by atoms with Crippen LogP contribution < -0.4 is 15.5 Å². The van der Waals surface area contributed by atoms with Gasteiger partial charge in [0.1, 0.15) is 28.9 Å². The van der Waals surface area contributed by atoms with E-state index in [0.717, 1.165) is 25.3 Å². The minimum Gasteiger partial charge on any atom is -0.394 e. The number of hydrogen-bond donors (Lipinski definition) is 3. The highest BCUT2D eigenvalue weighted by atomic mass is 32.2. The lowest BCUT2D eigenvalue weighted by Gasteiger charge is -2.32. The molecular weight excluding hydrogens is 472 g/mol. The van der Waals surface area contributed by atoms with Crippen LogP contribution in [0.4, 0.5) is 17.6 Å². The molecular formula is C21H30N10O3S. The summed E-state index contributed by atoms with van der Waals surface area (Å²) in [6, 6.07) is 2.05. The van der Waals surface area contributed by atoms with Crippen LogP contribution in [0.15, 0.2) is 18.6 Å². The molecule has 3 aromatic rings. The molecule has 5 heterocycles. The van der Waals surface area contributed by atoms with Gasteiger partial charge in [-0.05, 0) is 13.0 Å². The molecule has 35 heavy (non-hydrogen) atoms. The molecule has 0 saturated carbocycles. The van der Waals surface area contributed by atoms with E-state index >= 15 is 0 Å². The summed E-state index contributed by atoms with van der Waals surface area (Å²) in [7, 11) is -2.98. The number of aromatic nitrogens is 6. The van der Waals surface area contributed by atoms with Gasteiger partial charge in [-0.25, -0.2) is 23.4 Å². The molecule has 0 radical (unpaired) electrons. The average Bonchev–Trinajstić information content (AvgIpc) is 3.18. The Morgan fingerprint density at radius 3 is 2.77 bits per heavy atom. The number of nitrogens with one attached hydrogen (secondary N) is 2. The number of hydrogen-bond acceptors (Lipinski definition) is 12. The number of piperazine rings is 1. The molecule has 2 aliphatic rings. The third kappa shape index (κ3) is 5.34. The highest BCUT2D eigenvalue weighted by Crippen LogP contribution is 2.29. The van der Waals surface area contributed by atoms with Crippen LogP contribution in [0.1, 0.15) is 12.6 Å². The van der Waals surface area contributed by atoms with Gasteiger partial charge >= 0.3 is 0 Å². The summed E-state index contributed by atoms with van der Waals surface area (Å²) in [4.78, 5) is 22.3. The van der Waals surface area contributed by atoms with E-state index in [4.69, 9.17) is 15.1 Å². The first-order valence-corrected chi connectivity index (χ1v) is 13.6. The Bertz CT molecular complexity index is 1270. The maximum Gasteiger partial charge on any atom is 0.228 e. The second-order valence-electron chi connectivity index (χ2n) is 8.91. The molecule has 3 aromatic heterocycles. The van der Waals surface area contributed by atoms with Crippen LogP contribution in [0.2, 0.25) is 0 Å². The molecule has 14 heteroatoms. The number of aliphatic hydroxyl groups excluding tert-OH is 1. The quantitative estimate of drug-likeness (QED) is 0.377. The minimum atomic E-state index is -2.98. The smallest absolute Gasteiger partial charge is 0.228 e. The Balaban J connectivity index is 1.58. The summed E-state index contributed by atoms with van der Waals surface area (Å²) in [6.07, 6.45) is 3.11. The lowest BCUT2D eigenvalue weighted by atomic mass is 10.2. The summed E-state index contributed by atoms with van der Waals surface area (Å²) in [5, 5.41) is 21.2. The maximum absolute atomic E-state index is 11.9. The second kappa shape index (κ2) is 9.97. The molecule has 2 fully saturated rings. The Morgan fingerprint density at radius 1 is 1.23 bits per heavy atom. The van der Waals surface area contributed by atoms with E-state index in [2.05, 4.69) is 37.3 Å². The van der Waals surface area contributed by atoms with Crippen molar-refractivity contribution in [2.45, 2.75) is 26.1 Å². The zero-order valence-corrected chi connectivity index (χ0v) is 20.4. The zero-order chi connectivity index (χ0) is 24.4. The van der Waals surface area contributed by atoms with Gasteiger partial charge in [0.05, 0.1) is 24.7 Å². The fourth-order valence-corrected chi connectivity index (χ4v) is 5.72. The van der Waals surface area contributed by atoms with Crippen LogP contribution in [-0.2, 0) is 22.9 Å². The molecule has 188 valence electrons. The molecule has 2 aliphatic heterocycles. The van der Waals surface area contributed by atoms with Gasteiger partial charge < -0.3 is 20.6 Å². The number of aliphatic hydroxyl groups is 1. The van der Waals surface area contributed by atoms with Gasteiger partial charge in [-0.3, -0.25) is 9.58 Å². The first-order chi connectivity index (χ1) is 16.9. The molecule has 5 rings (SSSR count). The fourth-order valence-electron chi connectivity index (χ4n) is 4.44. The largest absolute Gasteiger partial charge is 0.394 e. The molecule has 0 bridgehead atoms. The molecule has 0 unspecified atom stereocenters. The summed E-state index contributed by atoms with van der Waals surface area (Å²) in [5.74, 6) is 2.00. The van der Waals surface area contributed by atoms with Gasteiger partial charge in [-0.2, -0.15) is 10.1 Å². The number of fused-ring (bicyclic) bond motifs is 1. The van der Waals surface area contributed by atoms with Gasteiger partial charge in [0.2, 0.25) is 5.95 Å². The Labute approximate surface area is 203 Å². The SMILES string of the molecule is C[C@@H]1CN(c2nc(Nc3ccncn3)c3c(n2)c(CN2CCS(=O)(=O)CC2)nn3CCO)CCN1. The van der Waals surface area contributed by atoms with Crippen molar-refractivity contribution in [1.29, 1.82) is 0 Å². The number of sulfone groups is 1. The van der Waals surface area contributed by atoms with Crippen molar-refractivity contribution in [2.75, 3.05) is 61.1 Å². The van der Waals surface area contributed by atoms with Gasteiger partial charge in [0, 0.05) is 51.5 Å². The van der Waals surface area contributed by atoms with Gasteiger partial charge in [0.25, 0.3) is 0 Å². The predicted molar refractivity (Wildman–Crippen MR) is 131 cm³/mol. The van der Waals surface area contributed by atoms with Crippen LogP contribution in [0, 0.1) is 0 Å². The van der Waals surface area contributed by atoms with E-state index in [1.807, 2.05) is 0 Å². The van der Waals surface area contributed by atoms with Crippen molar-refractivity contribution in [2.24, 2.45) is 0 Å². The molecule has 13 nitrogen and oxygen atoms in total. The fraction of sp³-hybridized carbons (Fsp3) is 0.571. The summed E-state index contributed by atoms with van der Waals surface area (Å²) < 4.78 is 25.5. The molecule has 0 aliphatic carbocycles. The zero-order valence-electron chi connectivity index (χ0n) is 19.6. The Morgan fingerprint density at radius 2 is 2.06 bits per heavy atom. The predicted octanol–water partition coefficient (Wildman–Crippen LogP) is -0.619. The van der Waals surface area contributed by atoms with E-state index < -0.39 is 9.84 Å². The van der Waals surface area contributed by atoms with Crippen molar-refractivity contribution in [3.8, 4) is 0 Å². The number of anilines is 3. The van der Waals surface area contributed by atoms with E-state index in [-0.39, 0.29) is 24.7 Å². The van der Waals surface area contributed by atoms with Crippen LogP contribution >= 0.6 is 0 Å². The third-order valence-corrected chi connectivity index (χ3v) is 7.86. The van der Waals surface area contributed by atoms with Crippen molar-refractivity contribution in [1.82, 2.24) is 39.9 Å². The molecule has 0 aromatic carbocycles. The van der Waals surface area contributed by atoms with Gasteiger partial charge in [-0.1, -0.05) is 0 Å². The van der Waals surface area contributed by atoms with Crippen LogP contribution in [0.25, 0.3) is 11.0 Å². The van der Waals surface area contributed by atoms with Crippen LogP contribution in [0.3, 0.4) is 0 Å². The average molecular weight is 503 g/mol. The van der Waals surface area contributed by atoms with Crippen LogP contribution in [0.5, 0.6) is 0 Å². The lowest BCUT2D eigenvalue weighted by molar-refractivity contribution is 0.266. The van der Waals surface area contributed by atoms with E-state index in [1.54, 1.807) is 16.9 Å². The van der Waals surface area contributed by atoms with Crippen molar-refractivity contribution < 1.29 is 13.5 Å². The van der Waals surface area contributed by atoms with E-state index in [1.165, 1.54) is 6.33 Å². The van der Waals surface area contributed by atoms with Crippen molar-refractivity contribution in [3.63, 3.8) is 0 Å². The monoisotopic (exact) mass is 502 g/mol. The molecule has 1 atom stereocenters. The summed E-state index contributed by atoms with van der Waals surface area (Å²) in [5.41, 5.74) is 2.08. The molecule has 2 saturated heterocycles. The Hall–Kier alpha value is -2.94. The number of rotatable bonds is 7. The third-order valence-electron chi connectivity index (χ3n) is 6.25. The topological polar surface area (TPSA) is 154 Å². The van der Waals surface area contributed by atoms with Crippen LogP contribution in [-0.4, -0.2) is 105 Å². The highest BCUT2D eigenvalue weighted by molar-refractivity contribution is 7.91. The molecule has 3 N–H and O–H groups in total. The normalized spacial score (nSPS) is 20.9. The molecule has 0 amide bonds. The van der Waals surface area contributed by atoms with E-state index in [0.29, 0.717) is 54.3 Å². The highest BCUT2D eigenvalue weighted by Gasteiger charge is 2.27. The Kier molecular flexibility index (Phi) is 6.77. The summed E-state index contributed by atoms with van der Waals surface area (Å²) in [6.45, 7) is 6.04. The minimum absolute atomic E-state index is 0.0951. The second-order valence-corrected chi connectivity index (χ2v) is 11.2. The lowest BCUT2D eigenvalue weighted by Crippen LogP contribution is -2.49.